The number of allylic oxidation sites excluding steroid dienone is 4. The molecular weight excluding hydrogens is 1050 g/mol. The van der Waals surface area contributed by atoms with Crippen LogP contribution in [0.15, 0.2) is 69.8 Å². The third kappa shape index (κ3) is 39.8. The first-order valence-electron chi connectivity index (χ1n) is 36.9. The van der Waals surface area contributed by atoms with Crippen molar-refractivity contribution >= 4 is 11.4 Å². The SMILES string of the molecule is CCCCCCCCC1=C(c2cc(C)cc(C)c2)[N+](=[N-])C(c2cc(CCCC)cc(CCCC)c2)=C1CCCC.CCCCCCCCCCCCCCCCCCCC=[CH][Ni][CH]=CCCCCCCCCCCCCCCCCCCC. The Labute approximate surface area is 525 Å². The third-order valence-corrected chi connectivity index (χ3v) is 18.4. The molecule has 0 saturated heterocycles. The second-order valence-corrected chi connectivity index (χ2v) is 26.9. The van der Waals surface area contributed by atoms with Crippen LogP contribution in [0.25, 0.3) is 16.9 Å². The van der Waals surface area contributed by atoms with Gasteiger partial charge in [0, 0.05) is 22.3 Å². The molecule has 0 amide bonds. The molecule has 0 spiro atoms. The zero-order valence-corrected chi connectivity index (χ0v) is 57.7. The molecule has 0 N–H and O–H groups in total. The van der Waals surface area contributed by atoms with Gasteiger partial charge in [-0.05, 0) is 101 Å². The monoisotopic (exact) mass is 1190 g/mol. The van der Waals surface area contributed by atoms with Gasteiger partial charge in [0.2, 0.25) is 11.4 Å². The molecule has 0 aliphatic carbocycles. The fraction of sp³-hybridized carbons (Fsp3) is 0.750. The van der Waals surface area contributed by atoms with Gasteiger partial charge in [-0.2, -0.15) is 0 Å². The van der Waals surface area contributed by atoms with Gasteiger partial charge in [0.15, 0.2) is 0 Å². The molecule has 0 fully saturated rings. The second-order valence-electron chi connectivity index (χ2n) is 25.9. The van der Waals surface area contributed by atoms with Crippen molar-refractivity contribution in [2.24, 2.45) is 0 Å². The van der Waals surface area contributed by atoms with Gasteiger partial charge in [-0.1, -0.05) is 219 Å². The standard InChI is InChI=1S/C38H56N2.2C21H41.Ni/c1-7-11-15-16-17-18-22-36-35(21-14-10-4)38(40(39)37(36)33-24-29(5)23-30(6)25-33)34-27-31(19-12-8-2)26-32(28-34)20-13-9-3;2*1-3-5-7-9-11-13-15-17-19-21-20-18-16-14-12-10-8-6-4-2;/h23-28H,7-22H2,1-6H3;2*1,3H,4-21H2,2H3;. The van der Waals surface area contributed by atoms with Crippen LogP contribution in [-0.2, 0) is 27.3 Å². The maximum atomic E-state index is 12.1. The Morgan fingerprint density at radius 2 is 0.566 bits per heavy atom. The summed E-state index contributed by atoms with van der Waals surface area (Å²) in [5, 5.41) is 4.65. The van der Waals surface area contributed by atoms with Crippen LogP contribution in [-0.4, -0.2) is 4.70 Å². The van der Waals surface area contributed by atoms with Gasteiger partial charge in [0.25, 0.3) is 0 Å². The molecule has 0 unspecified atom stereocenters. The molecule has 2 aromatic carbocycles. The molecule has 3 heteroatoms. The Morgan fingerprint density at radius 3 is 0.892 bits per heavy atom. The van der Waals surface area contributed by atoms with E-state index in [1.54, 1.807) is 19.1 Å². The van der Waals surface area contributed by atoms with E-state index in [-0.39, 0.29) is 0 Å². The maximum absolute atomic E-state index is 12.1. The molecule has 2 aromatic rings. The van der Waals surface area contributed by atoms with Crippen LogP contribution >= 0.6 is 0 Å². The van der Waals surface area contributed by atoms with Crippen LogP contribution < -0.4 is 0 Å². The molecule has 0 saturated carbocycles. The normalized spacial score (nSPS) is 12.8. The Morgan fingerprint density at radius 1 is 0.301 bits per heavy atom. The van der Waals surface area contributed by atoms with Crippen molar-refractivity contribution in [1.82, 2.24) is 0 Å². The van der Waals surface area contributed by atoms with Gasteiger partial charge in [0.05, 0.1) is 0 Å². The molecular formula is C80H138N2Ni. The number of benzene rings is 2. The van der Waals surface area contributed by atoms with Crippen LogP contribution in [0, 0.1) is 13.8 Å². The number of hydrogen-bond acceptors (Lipinski definition) is 0. The quantitative estimate of drug-likeness (QED) is 0.0358. The summed E-state index contributed by atoms with van der Waals surface area (Å²) >= 11 is 1.69. The molecule has 1 aliphatic heterocycles. The van der Waals surface area contributed by atoms with Crippen molar-refractivity contribution < 1.29 is 19.1 Å². The molecule has 0 bridgehead atoms. The van der Waals surface area contributed by atoms with Crippen molar-refractivity contribution in [2.75, 3.05) is 0 Å². The predicted octanol–water partition coefficient (Wildman–Crippen LogP) is 28.3. The predicted molar refractivity (Wildman–Crippen MR) is 370 cm³/mol. The van der Waals surface area contributed by atoms with Crippen molar-refractivity contribution in [2.45, 2.75) is 389 Å². The van der Waals surface area contributed by atoms with Gasteiger partial charge in [-0.25, -0.2) is 4.70 Å². The third-order valence-electron chi connectivity index (χ3n) is 17.6. The molecule has 0 aromatic heterocycles. The Balaban J connectivity index is 0.000000567. The number of aryl methyl sites for hydroxylation is 4. The smallest absolute Gasteiger partial charge is 0.0654 e. The van der Waals surface area contributed by atoms with E-state index in [9.17, 15) is 5.53 Å². The Hall–Kier alpha value is -2.51. The van der Waals surface area contributed by atoms with E-state index in [1.165, 1.54) is 334 Å². The van der Waals surface area contributed by atoms with Gasteiger partial charge in [-0.15, -0.1) is 0 Å². The van der Waals surface area contributed by atoms with Crippen LogP contribution in [0.1, 0.15) is 396 Å². The first-order chi connectivity index (χ1) is 40.8. The van der Waals surface area contributed by atoms with E-state index in [0.29, 0.717) is 0 Å². The summed E-state index contributed by atoms with van der Waals surface area (Å²) in [7, 11) is 0. The molecule has 83 heavy (non-hydrogen) atoms. The van der Waals surface area contributed by atoms with E-state index in [4.69, 9.17) is 0 Å². The molecule has 1 heterocycles. The Bertz CT molecular complexity index is 1870. The second kappa shape index (κ2) is 56.0. The first-order valence-corrected chi connectivity index (χ1v) is 38.0. The fourth-order valence-electron chi connectivity index (χ4n) is 12.5. The number of unbranched alkanes of at least 4 members (excludes halogenated alkanes) is 42. The van der Waals surface area contributed by atoms with Crippen molar-refractivity contribution in [3.63, 3.8) is 0 Å². The van der Waals surface area contributed by atoms with Crippen molar-refractivity contribution in [3.8, 4) is 0 Å². The van der Waals surface area contributed by atoms with E-state index in [1.807, 2.05) is 0 Å². The Kier molecular flexibility index (Phi) is 51.7. The topological polar surface area (TPSA) is 25.3 Å². The van der Waals surface area contributed by atoms with Crippen molar-refractivity contribution in [3.05, 3.63) is 109 Å². The number of hydrogen-bond donors (Lipinski definition) is 0. The summed E-state index contributed by atoms with van der Waals surface area (Å²) in [6.45, 7) is 18.1. The molecule has 2 nitrogen and oxygen atoms in total. The number of rotatable bonds is 56. The zero-order chi connectivity index (χ0) is 59.9. The fourth-order valence-corrected chi connectivity index (χ4v) is 13.2. The van der Waals surface area contributed by atoms with Crippen LogP contribution in [0.4, 0.5) is 0 Å². The average Bonchev–Trinajstić information content (AvgIpc) is 2.87. The van der Waals surface area contributed by atoms with E-state index in [2.05, 4.69) is 114 Å². The summed E-state index contributed by atoms with van der Waals surface area (Å²) in [6, 6.07) is 13.9. The summed E-state index contributed by atoms with van der Waals surface area (Å²) in [5.74, 6) is 0. The molecule has 0 radical (unpaired) electrons. The minimum absolute atomic E-state index is 1.02. The summed E-state index contributed by atoms with van der Waals surface area (Å²) < 4.78 is 1.59. The van der Waals surface area contributed by atoms with E-state index >= 15 is 0 Å². The summed E-state index contributed by atoms with van der Waals surface area (Å²) in [6.07, 6.45) is 75.9. The molecule has 1 aliphatic rings. The van der Waals surface area contributed by atoms with Crippen LogP contribution in [0.2, 0.25) is 0 Å². The van der Waals surface area contributed by atoms with Gasteiger partial charge in [0.1, 0.15) is 0 Å². The first kappa shape index (κ1) is 76.6. The van der Waals surface area contributed by atoms with E-state index in [0.717, 1.165) is 55.5 Å². The molecule has 3 rings (SSSR count). The van der Waals surface area contributed by atoms with Gasteiger partial charge >= 0.3 is 165 Å². The summed E-state index contributed by atoms with van der Waals surface area (Å²) in [4.78, 5) is 0. The van der Waals surface area contributed by atoms with E-state index < -0.39 is 0 Å². The van der Waals surface area contributed by atoms with Gasteiger partial charge < -0.3 is 5.53 Å². The minimum Gasteiger partial charge on any atom is -0.0654 e. The van der Waals surface area contributed by atoms with Crippen LogP contribution in [0.5, 0.6) is 0 Å². The zero-order valence-electron chi connectivity index (χ0n) is 56.8. The van der Waals surface area contributed by atoms with Gasteiger partial charge in [-0.3, -0.25) is 0 Å². The van der Waals surface area contributed by atoms with Crippen molar-refractivity contribution in [1.29, 1.82) is 0 Å². The number of nitrogens with zero attached hydrogens (tertiary/aromatic N) is 2. The average molecular weight is 1190 g/mol. The minimum atomic E-state index is 1.02. The van der Waals surface area contributed by atoms with Crippen LogP contribution in [0.3, 0.4) is 0 Å². The summed E-state index contributed by atoms with van der Waals surface area (Å²) in [5.41, 5.74) is 24.6. The molecule has 478 valence electrons. The molecule has 0 atom stereocenters.